The van der Waals surface area contributed by atoms with Gasteiger partial charge in [-0.1, -0.05) is 38.8 Å². The molecule has 0 heterocycles. The number of rotatable bonds is 3. The van der Waals surface area contributed by atoms with Crippen molar-refractivity contribution in [2.45, 2.75) is 13.8 Å². The minimum absolute atomic E-state index is 0.398. The Labute approximate surface area is 97.6 Å². The molecule has 78 valence electrons. The summed E-state index contributed by atoms with van der Waals surface area (Å²) in [6.07, 6.45) is 0. The fraction of sp³-hybridized carbons (Fsp3) is 0.273. The van der Waals surface area contributed by atoms with E-state index >= 15 is 0 Å². The third-order valence-electron chi connectivity index (χ3n) is 2.07. The largest absolute Gasteiger partial charge is 0.0893 e. The van der Waals surface area contributed by atoms with E-state index in [1.807, 2.05) is 38.1 Å². The highest BCUT2D eigenvalue weighted by molar-refractivity contribution is 9.10. The van der Waals surface area contributed by atoms with E-state index in [1.165, 1.54) is 5.57 Å². The van der Waals surface area contributed by atoms with Crippen LogP contribution in [-0.4, -0.2) is 6.54 Å². The molecule has 4 heteroatoms. The van der Waals surface area contributed by atoms with Gasteiger partial charge < -0.3 is 0 Å². The zero-order valence-corrected chi connectivity index (χ0v) is 10.3. The van der Waals surface area contributed by atoms with Gasteiger partial charge in [0.2, 0.25) is 0 Å². The number of benzene rings is 1. The van der Waals surface area contributed by atoms with E-state index < -0.39 is 0 Å². The van der Waals surface area contributed by atoms with Crippen molar-refractivity contribution >= 4 is 21.5 Å². The third-order valence-corrected chi connectivity index (χ3v) is 2.56. The van der Waals surface area contributed by atoms with Crippen LogP contribution in [0.1, 0.15) is 19.4 Å². The number of hydrogen-bond acceptors (Lipinski definition) is 1. The van der Waals surface area contributed by atoms with Crippen molar-refractivity contribution in [2.75, 3.05) is 6.54 Å². The highest BCUT2D eigenvalue weighted by Gasteiger charge is 2.02. The molecule has 3 nitrogen and oxygen atoms in total. The Bertz CT molecular complexity index is 427. The summed E-state index contributed by atoms with van der Waals surface area (Å²) in [5.41, 5.74) is 11.7. The Morgan fingerprint density at radius 1 is 1.47 bits per heavy atom. The van der Waals surface area contributed by atoms with E-state index in [2.05, 4.69) is 26.0 Å². The van der Waals surface area contributed by atoms with Crippen LogP contribution < -0.4 is 0 Å². The molecule has 0 amide bonds. The van der Waals surface area contributed by atoms with Gasteiger partial charge >= 0.3 is 0 Å². The van der Waals surface area contributed by atoms with Crippen LogP contribution in [0.2, 0.25) is 0 Å². The molecule has 0 aliphatic carbocycles. The molecular weight excluding hydrogens is 254 g/mol. The van der Waals surface area contributed by atoms with Gasteiger partial charge in [-0.15, -0.1) is 0 Å². The Kier molecular flexibility index (Phi) is 4.40. The van der Waals surface area contributed by atoms with Crippen LogP contribution in [0.15, 0.2) is 39.4 Å². The summed E-state index contributed by atoms with van der Waals surface area (Å²) >= 11 is 3.42. The van der Waals surface area contributed by atoms with Crippen molar-refractivity contribution in [3.63, 3.8) is 0 Å². The molecule has 1 aromatic carbocycles. The highest BCUT2D eigenvalue weighted by atomic mass is 79.9. The Balaban J connectivity index is 3.11. The van der Waals surface area contributed by atoms with E-state index in [1.54, 1.807) is 0 Å². The van der Waals surface area contributed by atoms with Gasteiger partial charge in [-0.2, -0.15) is 0 Å². The summed E-state index contributed by atoms with van der Waals surface area (Å²) in [7, 11) is 0. The molecule has 0 fully saturated rings. The molecule has 0 radical (unpaired) electrons. The summed E-state index contributed by atoms with van der Waals surface area (Å²) < 4.78 is 1.03. The molecule has 0 aromatic heterocycles. The van der Waals surface area contributed by atoms with Crippen molar-refractivity contribution in [2.24, 2.45) is 5.11 Å². The second-order valence-electron chi connectivity index (χ2n) is 3.38. The van der Waals surface area contributed by atoms with Gasteiger partial charge in [0.15, 0.2) is 0 Å². The molecule has 0 aliphatic rings. The van der Waals surface area contributed by atoms with Crippen LogP contribution in [0.4, 0.5) is 0 Å². The lowest BCUT2D eigenvalue weighted by Gasteiger charge is -2.07. The maximum absolute atomic E-state index is 8.32. The second-order valence-corrected chi connectivity index (χ2v) is 4.29. The molecule has 0 atom stereocenters. The number of allylic oxidation sites excluding steroid dienone is 1. The highest BCUT2D eigenvalue weighted by Crippen LogP contribution is 2.22. The quantitative estimate of drug-likeness (QED) is 0.437. The van der Waals surface area contributed by atoms with E-state index in [9.17, 15) is 0 Å². The van der Waals surface area contributed by atoms with E-state index in [0.29, 0.717) is 6.54 Å². The lowest BCUT2D eigenvalue weighted by Crippen LogP contribution is -1.91. The van der Waals surface area contributed by atoms with Gasteiger partial charge in [0.25, 0.3) is 0 Å². The molecule has 1 rings (SSSR count). The second kappa shape index (κ2) is 5.59. The molecule has 0 saturated carbocycles. The van der Waals surface area contributed by atoms with Crippen molar-refractivity contribution < 1.29 is 0 Å². The van der Waals surface area contributed by atoms with Crippen LogP contribution in [0.3, 0.4) is 0 Å². The predicted octanol–water partition coefficient (Wildman–Crippen LogP) is 4.55. The first kappa shape index (κ1) is 11.8. The zero-order chi connectivity index (χ0) is 11.3. The van der Waals surface area contributed by atoms with Crippen LogP contribution >= 0.6 is 15.9 Å². The van der Waals surface area contributed by atoms with Crippen molar-refractivity contribution in [1.82, 2.24) is 0 Å². The number of hydrogen-bond donors (Lipinski definition) is 0. The van der Waals surface area contributed by atoms with E-state index in [4.69, 9.17) is 5.53 Å². The minimum Gasteiger partial charge on any atom is -0.0893 e. The average molecular weight is 266 g/mol. The normalized spacial score (nSPS) is 9.27. The molecular formula is C11H12BrN3. The van der Waals surface area contributed by atoms with Crippen molar-refractivity contribution in [3.05, 3.63) is 50.3 Å². The molecule has 0 saturated heterocycles. The number of nitrogens with zero attached hydrogens (tertiary/aromatic N) is 3. The van der Waals surface area contributed by atoms with Crippen LogP contribution in [0.5, 0.6) is 0 Å². The summed E-state index contributed by atoms with van der Waals surface area (Å²) in [6, 6.07) is 7.98. The fourth-order valence-corrected chi connectivity index (χ4v) is 1.72. The Morgan fingerprint density at radius 2 is 2.20 bits per heavy atom. The molecule has 0 spiro atoms. The maximum atomic E-state index is 8.32. The Hall–Kier alpha value is -1.25. The zero-order valence-electron chi connectivity index (χ0n) is 8.74. The smallest absolute Gasteiger partial charge is 0.0516 e. The summed E-state index contributed by atoms with van der Waals surface area (Å²) in [5, 5.41) is 3.61. The fourth-order valence-electron chi connectivity index (χ4n) is 1.32. The van der Waals surface area contributed by atoms with Crippen LogP contribution in [0.25, 0.3) is 16.0 Å². The van der Waals surface area contributed by atoms with E-state index in [-0.39, 0.29) is 0 Å². The summed E-state index contributed by atoms with van der Waals surface area (Å²) in [4.78, 5) is 2.78. The molecule has 1 aromatic rings. The van der Waals surface area contributed by atoms with Crippen LogP contribution in [-0.2, 0) is 0 Å². The summed E-state index contributed by atoms with van der Waals surface area (Å²) in [5.74, 6) is 0. The Morgan fingerprint density at radius 3 is 2.73 bits per heavy atom. The first-order chi connectivity index (χ1) is 7.15. The standard InChI is InChI=1S/C11H12BrN3/c1-8(2)11(7-14-15-13)9-4-3-5-10(12)6-9/h3-6H,7H2,1-2H3. The number of halogens is 1. The van der Waals surface area contributed by atoms with Gasteiger partial charge in [0.1, 0.15) is 0 Å². The van der Waals surface area contributed by atoms with E-state index in [0.717, 1.165) is 15.6 Å². The van der Waals surface area contributed by atoms with Gasteiger partial charge in [0, 0.05) is 9.38 Å². The lowest BCUT2D eigenvalue weighted by molar-refractivity contribution is 1.19. The average Bonchev–Trinajstić information content (AvgIpc) is 2.18. The van der Waals surface area contributed by atoms with Gasteiger partial charge in [-0.05, 0) is 42.6 Å². The monoisotopic (exact) mass is 265 g/mol. The minimum atomic E-state index is 0.398. The summed E-state index contributed by atoms with van der Waals surface area (Å²) in [6.45, 7) is 4.43. The third kappa shape index (κ3) is 3.42. The van der Waals surface area contributed by atoms with Gasteiger partial charge in [-0.3, -0.25) is 0 Å². The van der Waals surface area contributed by atoms with Crippen LogP contribution in [0, 0.1) is 0 Å². The molecule has 15 heavy (non-hydrogen) atoms. The topological polar surface area (TPSA) is 48.8 Å². The predicted molar refractivity (Wildman–Crippen MR) is 66.4 cm³/mol. The number of azide groups is 1. The first-order valence-electron chi connectivity index (χ1n) is 4.58. The molecule has 0 aliphatic heterocycles. The molecule has 0 bridgehead atoms. The van der Waals surface area contributed by atoms with Crippen molar-refractivity contribution in [3.8, 4) is 0 Å². The van der Waals surface area contributed by atoms with Crippen molar-refractivity contribution in [1.29, 1.82) is 0 Å². The lowest BCUT2D eigenvalue weighted by atomic mass is 10.0. The van der Waals surface area contributed by atoms with Gasteiger partial charge in [0.05, 0.1) is 6.54 Å². The maximum Gasteiger partial charge on any atom is 0.0516 e. The first-order valence-corrected chi connectivity index (χ1v) is 5.37. The van der Waals surface area contributed by atoms with Gasteiger partial charge in [-0.25, -0.2) is 0 Å². The SMILES string of the molecule is CC(C)=C(CN=[N+]=[N-])c1cccc(Br)c1. The molecule has 0 N–H and O–H groups in total. The molecule has 0 unspecified atom stereocenters.